The molecule has 1 amide bonds. The molecule has 0 aliphatic heterocycles. The van der Waals surface area contributed by atoms with Crippen molar-refractivity contribution in [3.05, 3.63) is 77.2 Å². The van der Waals surface area contributed by atoms with Crippen LogP contribution < -0.4 is 5.32 Å². The molecular weight excluding hydrogens is 356 g/mol. The molecule has 2 aromatic heterocycles. The largest absolute Gasteiger partial charge is 0.351 e. The number of nitrogens with one attached hydrogen (secondary N) is 1. The van der Waals surface area contributed by atoms with E-state index in [1.165, 1.54) is 0 Å². The maximum atomic E-state index is 12.0. The van der Waals surface area contributed by atoms with E-state index in [-0.39, 0.29) is 5.91 Å². The van der Waals surface area contributed by atoms with Crippen LogP contribution in [0.1, 0.15) is 11.1 Å². The number of carbonyl (C=O) groups excluding carboxylic acids is 1. The average Bonchev–Trinajstić information content (AvgIpc) is 3.17. The van der Waals surface area contributed by atoms with Gasteiger partial charge in [-0.05, 0) is 41.5 Å². The van der Waals surface area contributed by atoms with Crippen molar-refractivity contribution in [1.82, 2.24) is 20.1 Å². The van der Waals surface area contributed by atoms with Crippen molar-refractivity contribution in [1.29, 1.82) is 0 Å². The molecule has 0 unspecified atom stereocenters. The number of thioether (sulfide) groups is 1. The smallest absolute Gasteiger partial charge is 0.230 e. The molecule has 1 N–H and O–H groups in total. The maximum absolute atomic E-state index is 12.0. The first-order valence-electron chi connectivity index (χ1n) is 7.74. The molecule has 0 radical (unpaired) electrons. The fourth-order valence-electron chi connectivity index (χ4n) is 2.19. The highest BCUT2D eigenvalue weighted by atomic mass is 35.5. The summed E-state index contributed by atoms with van der Waals surface area (Å²) >= 11 is 7.43. The first-order valence-corrected chi connectivity index (χ1v) is 9.28. The molecule has 0 spiro atoms. The Morgan fingerprint density at radius 3 is 2.76 bits per heavy atom. The van der Waals surface area contributed by atoms with Crippen molar-refractivity contribution in [3.63, 3.8) is 0 Å². The van der Waals surface area contributed by atoms with Crippen molar-refractivity contribution < 1.29 is 4.79 Å². The zero-order valence-corrected chi connectivity index (χ0v) is 15.0. The summed E-state index contributed by atoms with van der Waals surface area (Å²) in [5, 5.41) is 7.80. The van der Waals surface area contributed by atoms with Gasteiger partial charge >= 0.3 is 0 Å². The molecule has 0 saturated carbocycles. The number of halogens is 1. The molecule has 5 nitrogen and oxygen atoms in total. The van der Waals surface area contributed by atoms with E-state index in [0.29, 0.717) is 12.3 Å². The Labute approximate surface area is 155 Å². The van der Waals surface area contributed by atoms with E-state index < -0.39 is 0 Å². The third-order valence-electron chi connectivity index (χ3n) is 3.45. The van der Waals surface area contributed by atoms with E-state index >= 15 is 0 Å². The van der Waals surface area contributed by atoms with Crippen molar-refractivity contribution >= 4 is 29.3 Å². The van der Waals surface area contributed by atoms with Gasteiger partial charge in [-0.3, -0.25) is 4.79 Å². The predicted molar refractivity (Wildman–Crippen MR) is 101 cm³/mol. The second kappa shape index (κ2) is 8.69. The molecule has 25 heavy (non-hydrogen) atoms. The van der Waals surface area contributed by atoms with Gasteiger partial charge in [0.25, 0.3) is 0 Å². The summed E-state index contributed by atoms with van der Waals surface area (Å²) in [6.45, 7) is 0.469. The lowest BCUT2D eigenvalue weighted by Crippen LogP contribution is -2.24. The lowest BCUT2D eigenvalue weighted by atomic mass is 10.2. The number of rotatable bonds is 7. The molecule has 0 saturated heterocycles. The van der Waals surface area contributed by atoms with E-state index in [0.717, 1.165) is 27.7 Å². The maximum Gasteiger partial charge on any atom is 0.230 e. The fourth-order valence-corrected chi connectivity index (χ4v) is 3.14. The minimum absolute atomic E-state index is 0.0106. The molecule has 3 aromatic rings. The van der Waals surface area contributed by atoms with Gasteiger partial charge in [0.15, 0.2) is 5.82 Å². The molecule has 1 aromatic carbocycles. The number of benzene rings is 1. The first kappa shape index (κ1) is 17.5. The van der Waals surface area contributed by atoms with Crippen LogP contribution in [0.2, 0.25) is 5.02 Å². The van der Waals surface area contributed by atoms with Crippen molar-refractivity contribution in [2.45, 2.75) is 12.3 Å². The Morgan fingerprint density at radius 2 is 2.00 bits per heavy atom. The monoisotopic (exact) mass is 372 g/mol. The third kappa shape index (κ3) is 5.34. The van der Waals surface area contributed by atoms with Gasteiger partial charge in [-0.25, -0.2) is 9.67 Å². The minimum atomic E-state index is 0.0106. The second-order valence-electron chi connectivity index (χ2n) is 5.37. The van der Waals surface area contributed by atoms with Crippen LogP contribution >= 0.6 is 23.4 Å². The lowest BCUT2D eigenvalue weighted by molar-refractivity contribution is -0.118. The van der Waals surface area contributed by atoms with Crippen LogP contribution in [0.5, 0.6) is 0 Å². The summed E-state index contributed by atoms with van der Waals surface area (Å²) in [5.41, 5.74) is 2.14. The molecule has 0 bridgehead atoms. The zero-order chi connectivity index (χ0) is 17.5. The molecular formula is C18H17ClN4OS. The molecule has 0 atom stereocenters. The number of carbonyl (C=O) groups is 1. The summed E-state index contributed by atoms with van der Waals surface area (Å²) in [6.07, 6.45) is 5.25. The van der Waals surface area contributed by atoms with Crippen LogP contribution in [0.25, 0.3) is 5.82 Å². The SMILES string of the molecule is O=C(CSCc1ccc(Cl)cc1)NCc1ccnc(-n2cccn2)c1. The Balaban J connectivity index is 1.44. The highest BCUT2D eigenvalue weighted by Gasteiger charge is 2.04. The summed E-state index contributed by atoms with van der Waals surface area (Å²) in [5.74, 6) is 1.94. The van der Waals surface area contributed by atoms with Crippen LogP contribution in [-0.4, -0.2) is 26.4 Å². The number of hydrogen-bond acceptors (Lipinski definition) is 4. The molecule has 3 rings (SSSR count). The molecule has 2 heterocycles. The van der Waals surface area contributed by atoms with E-state index in [1.54, 1.807) is 28.8 Å². The Bertz CT molecular complexity index is 821. The van der Waals surface area contributed by atoms with Crippen LogP contribution in [0.3, 0.4) is 0 Å². The number of nitrogens with zero attached hydrogens (tertiary/aromatic N) is 3. The van der Waals surface area contributed by atoms with Crippen molar-refractivity contribution in [3.8, 4) is 5.82 Å². The van der Waals surface area contributed by atoms with Crippen LogP contribution in [-0.2, 0) is 17.1 Å². The Morgan fingerprint density at radius 1 is 1.16 bits per heavy atom. The fraction of sp³-hybridized carbons (Fsp3) is 0.167. The molecule has 0 aliphatic carbocycles. The summed E-state index contributed by atoms with van der Waals surface area (Å²) in [7, 11) is 0. The van der Waals surface area contributed by atoms with Gasteiger partial charge in [0.1, 0.15) is 0 Å². The van der Waals surface area contributed by atoms with Gasteiger partial charge in [-0.15, -0.1) is 11.8 Å². The summed E-state index contributed by atoms with van der Waals surface area (Å²) < 4.78 is 1.69. The summed E-state index contributed by atoms with van der Waals surface area (Å²) in [6, 6.07) is 13.3. The van der Waals surface area contributed by atoms with Gasteiger partial charge in [0.05, 0.1) is 5.75 Å². The van der Waals surface area contributed by atoms with E-state index in [4.69, 9.17) is 11.6 Å². The van der Waals surface area contributed by atoms with Crippen molar-refractivity contribution in [2.24, 2.45) is 0 Å². The Hall–Kier alpha value is -2.31. The predicted octanol–water partition coefficient (Wildman–Crippen LogP) is 3.47. The van der Waals surface area contributed by atoms with Gasteiger partial charge in [0.2, 0.25) is 5.91 Å². The first-order chi connectivity index (χ1) is 12.2. The number of amides is 1. The normalized spacial score (nSPS) is 10.6. The zero-order valence-electron chi connectivity index (χ0n) is 13.4. The molecule has 0 fully saturated rings. The lowest BCUT2D eigenvalue weighted by Gasteiger charge is -2.07. The number of pyridine rings is 1. The molecule has 7 heteroatoms. The van der Waals surface area contributed by atoms with Gasteiger partial charge in [0, 0.05) is 35.9 Å². The molecule has 0 aliphatic rings. The van der Waals surface area contributed by atoms with Gasteiger partial charge in [-0.2, -0.15) is 5.10 Å². The highest BCUT2D eigenvalue weighted by molar-refractivity contribution is 7.99. The van der Waals surface area contributed by atoms with Crippen molar-refractivity contribution in [2.75, 3.05) is 5.75 Å². The highest BCUT2D eigenvalue weighted by Crippen LogP contribution is 2.15. The summed E-state index contributed by atoms with van der Waals surface area (Å²) in [4.78, 5) is 16.3. The van der Waals surface area contributed by atoms with Gasteiger partial charge < -0.3 is 5.32 Å². The topological polar surface area (TPSA) is 59.8 Å². The van der Waals surface area contributed by atoms with E-state index in [9.17, 15) is 4.79 Å². The standard InChI is InChI=1S/C18H17ClN4OS/c19-16-4-2-14(3-5-16)12-25-13-18(24)21-11-15-6-8-20-17(10-15)23-9-1-7-22-23/h1-10H,11-13H2,(H,21,24). The van der Waals surface area contributed by atoms with Crippen LogP contribution in [0.15, 0.2) is 61.1 Å². The Kier molecular flexibility index (Phi) is 6.09. The van der Waals surface area contributed by atoms with Crippen LogP contribution in [0.4, 0.5) is 0 Å². The number of aromatic nitrogens is 3. The van der Waals surface area contributed by atoms with E-state index in [2.05, 4.69) is 15.4 Å². The van der Waals surface area contributed by atoms with E-state index in [1.807, 2.05) is 48.7 Å². The average molecular weight is 373 g/mol. The van der Waals surface area contributed by atoms with Gasteiger partial charge in [-0.1, -0.05) is 23.7 Å². The molecule has 128 valence electrons. The van der Waals surface area contributed by atoms with Crippen LogP contribution in [0, 0.1) is 0 Å². The quantitative estimate of drug-likeness (QED) is 0.689. The minimum Gasteiger partial charge on any atom is -0.351 e. The third-order valence-corrected chi connectivity index (χ3v) is 4.71. The number of hydrogen-bond donors (Lipinski definition) is 1. The second-order valence-corrected chi connectivity index (χ2v) is 6.79.